The summed E-state index contributed by atoms with van der Waals surface area (Å²) in [5.41, 5.74) is 5.10. The lowest BCUT2D eigenvalue weighted by Crippen LogP contribution is -2.47. The number of halogens is 2. The number of nitrogens with zero attached hydrogens (tertiary/aromatic N) is 2. The molecule has 1 aromatic heterocycles. The van der Waals surface area contributed by atoms with Gasteiger partial charge in [-0.3, -0.25) is 9.80 Å². The Bertz CT molecular complexity index is 1090. The topological polar surface area (TPSA) is 19.6 Å². The second-order valence-corrected chi connectivity index (χ2v) is 8.62. The molecule has 3 aromatic carbocycles. The van der Waals surface area contributed by atoms with Gasteiger partial charge in [0, 0.05) is 31.7 Å². The van der Waals surface area contributed by atoms with Gasteiger partial charge < -0.3 is 4.42 Å². The fraction of sp³-hybridized carbons (Fsp3) is 0.241. The van der Waals surface area contributed by atoms with Gasteiger partial charge in [0.15, 0.2) is 0 Å². The molecule has 1 aliphatic rings. The van der Waals surface area contributed by atoms with Crippen LogP contribution in [0.15, 0.2) is 101 Å². The summed E-state index contributed by atoms with van der Waals surface area (Å²) in [5.74, 6) is 2.05. The van der Waals surface area contributed by atoms with Gasteiger partial charge in [-0.05, 0) is 29.7 Å². The second kappa shape index (κ2) is 12.2. The largest absolute Gasteiger partial charge is 0.459 e. The SMILES string of the molecule is Cc1cc(-c2ccccc2)oc1CN1CCN(C(c2ccccc2)c2ccccc2)CC1.Cl.Cl. The molecule has 5 heteroatoms. The summed E-state index contributed by atoms with van der Waals surface area (Å²) < 4.78 is 6.26. The van der Waals surface area contributed by atoms with E-state index >= 15 is 0 Å². The molecule has 0 N–H and O–H groups in total. The first kappa shape index (κ1) is 26.1. The van der Waals surface area contributed by atoms with Crippen LogP contribution in [-0.4, -0.2) is 36.0 Å². The van der Waals surface area contributed by atoms with Crippen molar-refractivity contribution in [2.75, 3.05) is 26.2 Å². The molecule has 3 nitrogen and oxygen atoms in total. The number of hydrogen-bond donors (Lipinski definition) is 0. The fourth-order valence-corrected chi connectivity index (χ4v) is 4.69. The summed E-state index contributed by atoms with van der Waals surface area (Å²) in [5, 5.41) is 0. The maximum atomic E-state index is 6.26. The van der Waals surface area contributed by atoms with Crippen LogP contribution in [0.3, 0.4) is 0 Å². The summed E-state index contributed by atoms with van der Waals surface area (Å²) in [6.45, 7) is 7.18. The summed E-state index contributed by atoms with van der Waals surface area (Å²) in [7, 11) is 0. The lowest BCUT2D eigenvalue weighted by Gasteiger charge is -2.39. The van der Waals surface area contributed by atoms with E-state index in [-0.39, 0.29) is 24.8 Å². The summed E-state index contributed by atoms with van der Waals surface area (Å²) in [6, 6.07) is 34.6. The average Bonchev–Trinajstić information content (AvgIpc) is 3.22. The van der Waals surface area contributed by atoms with Gasteiger partial charge in [0.1, 0.15) is 11.5 Å². The van der Waals surface area contributed by atoms with E-state index in [1.165, 1.54) is 16.7 Å². The van der Waals surface area contributed by atoms with Crippen molar-refractivity contribution >= 4 is 24.8 Å². The highest BCUT2D eigenvalue weighted by Crippen LogP contribution is 2.30. The first-order chi connectivity index (χ1) is 15.8. The molecule has 1 fully saturated rings. The quantitative estimate of drug-likeness (QED) is 0.287. The molecule has 5 rings (SSSR count). The van der Waals surface area contributed by atoms with Gasteiger partial charge in [-0.25, -0.2) is 0 Å². The minimum atomic E-state index is 0. The zero-order valence-electron chi connectivity index (χ0n) is 19.5. The van der Waals surface area contributed by atoms with Crippen LogP contribution < -0.4 is 0 Å². The molecule has 0 spiro atoms. The van der Waals surface area contributed by atoms with Crippen molar-refractivity contribution in [3.63, 3.8) is 0 Å². The molecule has 34 heavy (non-hydrogen) atoms. The Balaban J connectivity index is 0.00000162. The van der Waals surface area contributed by atoms with Crippen molar-refractivity contribution < 1.29 is 4.42 Å². The number of rotatable bonds is 6. The third-order valence-corrected chi connectivity index (χ3v) is 6.45. The highest BCUT2D eigenvalue weighted by Gasteiger charge is 2.27. The Kier molecular flexibility index (Phi) is 9.37. The fourth-order valence-electron chi connectivity index (χ4n) is 4.69. The van der Waals surface area contributed by atoms with Crippen molar-refractivity contribution in [3.8, 4) is 11.3 Å². The molecule has 4 aromatic rings. The minimum absolute atomic E-state index is 0. The second-order valence-electron chi connectivity index (χ2n) is 8.62. The van der Waals surface area contributed by atoms with E-state index < -0.39 is 0 Å². The van der Waals surface area contributed by atoms with Crippen molar-refractivity contribution in [1.82, 2.24) is 9.80 Å². The molecule has 178 valence electrons. The first-order valence-corrected chi connectivity index (χ1v) is 11.5. The molecule has 0 aliphatic carbocycles. The van der Waals surface area contributed by atoms with E-state index in [2.05, 4.69) is 108 Å². The van der Waals surface area contributed by atoms with Gasteiger partial charge in [0.2, 0.25) is 0 Å². The number of piperazine rings is 1. The predicted octanol–water partition coefficient (Wildman–Crippen LogP) is 7.01. The average molecular weight is 495 g/mol. The van der Waals surface area contributed by atoms with Gasteiger partial charge in [0.25, 0.3) is 0 Å². The van der Waals surface area contributed by atoms with Crippen LogP contribution in [0.5, 0.6) is 0 Å². The highest BCUT2D eigenvalue weighted by atomic mass is 35.5. The molecule has 0 atom stereocenters. The zero-order valence-corrected chi connectivity index (χ0v) is 21.1. The Labute approximate surface area is 215 Å². The summed E-state index contributed by atoms with van der Waals surface area (Å²) >= 11 is 0. The van der Waals surface area contributed by atoms with Crippen LogP contribution in [-0.2, 0) is 6.54 Å². The van der Waals surface area contributed by atoms with Crippen molar-refractivity contribution in [3.05, 3.63) is 120 Å². The van der Waals surface area contributed by atoms with E-state index in [1.807, 2.05) is 6.07 Å². The highest BCUT2D eigenvalue weighted by molar-refractivity contribution is 5.85. The first-order valence-electron chi connectivity index (χ1n) is 11.5. The molecular weight excluding hydrogens is 463 g/mol. The zero-order chi connectivity index (χ0) is 21.8. The van der Waals surface area contributed by atoms with Crippen LogP contribution in [0.4, 0.5) is 0 Å². The molecule has 0 amide bonds. The molecule has 0 radical (unpaired) electrons. The van der Waals surface area contributed by atoms with Crippen LogP contribution in [0.1, 0.15) is 28.5 Å². The van der Waals surface area contributed by atoms with Crippen LogP contribution in [0.25, 0.3) is 11.3 Å². The Hall–Kier alpha value is -2.56. The van der Waals surface area contributed by atoms with Crippen LogP contribution in [0, 0.1) is 6.92 Å². The molecule has 0 unspecified atom stereocenters. The Morgan fingerprint density at radius 1 is 0.706 bits per heavy atom. The van der Waals surface area contributed by atoms with Crippen molar-refractivity contribution in [2.45, 2.75) is 19.5 Å². The van der Waals surface area contributed by atoms with Crippen molar-refractivity contribution in [2.24, 2.45) is 0 Å². The summed E-state index contributed by atoms with van der Waals surface area (Å²) in [4.78, 5) is 5.13. The van der Waals surface area contributed by atoms with E-state index in [9.17, 15) is 0 Å². The monoisotopic (exact) mass is 494 g/mol. The van der Waals surface area contributed by atoms with Gasteiger partial charge >= 0.3 is 0 Å². The molecule has 2 heterocycles. The third kappa shape index (κ3) is 5.92. The van der Waals surface area contributed by atoms with E-state index in [0.717, 1.165) is 49.8 Å². The normalized spacial score (nSPS) is 14.4. The van der Waals surface area contributed by atoms with Gasteiger partial charge in [0.05, 0.1) is 12.6 Å². The smallest absolute Gasteiger partial charge is 0.134 e. The maximum absolute atomic E-state index is 6.26. The van der Waals surface area contributed by atoms with E-state index in [1.54, 1.807) is 0 Å². The summed E-state index contributed by atoms with van der Waals surface area (Å²) in [6.07, 6.45) is 0. The van der Waals surface area contributed by atoms with Gasteiger partial charge in [-0.1, -0.05) is 91.0 Å². The molecular formula is C29H32Cl2N2O. The number of aryl methyl sites for hydroxylation is 1. The Morgan fingerprint density at radius 3 is 1.74 bits per heavy atom. The minimum Gasteiger partial charge on any atom is -0.459 e. The number of hydrogen-bond acceptors (Lipinski definition) is 3. The Morgan fingerprint density at radius 2 is 1.21 bits per heavy atom. The molecule has 0 saturated carbocycles. The molecule has 0 bridgehead atoms. The molecule has 1 aliphatic heterocycles. The lowest BCUT2D eigenvalue weighted by atomic mass is 9.96. The van der Waals surface area contributed by atoms with Crippen molar-refractivity contribution in [1.29, 1.82) is 0 Å². The van der Waals surface area contributed by atoms with Crippen LogP contribution in [0.2, 0.25) is 0 Å². The van der Waals surface area contributed by atoms with Crippen LogP contribution >= 0.6 is 24.8 Å². The van der Waals surface area contributed by atoms with E-state index in [0.29, 0.717) is 6.04 Å². The number of benzene rings is 3. The van der Waals surface area contributed by atoms with Gasteiger partial charge in [-0.15, -0.1) is 24.8 Å². The van der Waals surface area contributed by atoms with E-state index in [4.69, 9.17) is 4.42 Å². The number of furan rings is 1. The maximum Gasteiger partial charge on any atom is 0.134 e. The lowest BCUT2D eigenvalue weighted by molar-refractivity contribution is 0.0997. The molecule has 1 saturated heterocycles. The van der Waals surface area contributed by atoms with Gasteiger partial charge in [-0.2, -0.15) is 0 Å². The predicted molar refractivity (Wildman–Crippen MR) is 145 cm³/mol. The third-order valence-electron chi connectivity index (χ3n) is 6.45. The standard InChI is InChI=1S/C29H30N2O.2ClH/c1-23-21-27(24-11-5-2-6-12-24)32-28(23)22-30-17-19-31(20-18-30)29(25-13-7-3-8-14-25)26-15-9-4-10-16-26;;/h2-16,21,29H,17-20,22H2,1H3;2*1H.